The Hall–Kier alpha value is -1.34. The predicted octanol–water partition coefficient (Wildman–Crippen LogP) is 1.18. The van der Waals surface area contributed by atoms with Gasteiger partial charge in [-0.15, -0.1) is 0 Å². The molecule has 2 rings (SSSR count). The first kappa shape index (κ1) is 16.0. The van der Waals surface area contributed by atoms with Gasteiger partial charge in [-0.2, -0.15) is 0 Å². The minimum absolute atomic E-state index is 0.0184. The van der Waals surface area contributed by atoms with E-state index in [2.05, 4.69) is 21.2 Å². The largest absolute Gasteiger partial charge is 0.444 e. The van der Waals surface area contributed by atoms with Crippen LogP contribution in [-0.2, 0) is 4.79 Å². The van der Waals surface area contributed by atoms with E-state index in [0.717, 1.165) is 26.1 Å². The smallest absolute Gasteiger partial charge is 0.289 e. The summed E-state index contributed by atoms with van der Waals surface area (Å²) in [7, 11) is 3.52. The molecule has 0 aromatic carbocycles. The van der Waals surface area contributed by atoms with Crippen LogP contribution >= 0.6 is 15.9 Å². The summed E-state index contributed by atoms with van der Waals surface area (Å²) in [5.74, 6) is 0.419. The molecule has 116 valence electrons. The van der Waals surface area contributed by atoms with E-state index >= 15 is 0 Å². The van der Waals surface area contributed by atoms with Crippen LogP contribution in [0.1, 0.15) is 17.0 Å². The highest BCUT2D eigenvalue weighted by atomic mass is 79.9. The lowest BCUT2D eigenvalue weighted by atomic mass is 10.1. The summed E-state index contributed by atoms with van der Waals surface area (Å²) >= 11 is 3.16. The standard InChI is InChI=1S/C14H20BrN3O3/c1-16-7-10-5-6-18(8-10)13(19)9-17(2)14(20)11-3-4-12(15)21-11/h3-4,10,16H,5-9H2,1-2H3. The molecule has 1 unspecified atom stereocenters. The lowest BCUT2D eigenvalue weighted by Gasteiger charge is -2.21. The van der Waals surface area contributed by atoms with E-state index < -0.39 is 0 Å². The number of hydrogen-bond acceptors (Lipinski definition) is 4. The number of furan rings is 1. The third-order valence-electron chi connectivity index (χ3n) is 3.63. The minimum Gasteiger partial charge on any atom is -0.444 e. The van der Waals surface area contributed by atoms with Crippen LogP contribution in [0, 0.1) is 5.92 Å². The number of carbonyl (C=O) groups excluding carboxylic acids is 2. The lowest BCUT2D eigenvalue weighted by molar-refractivity contribution is -0.130. The van der Waals surface area contributed by atoms with E-state index in [9.17, 15) is 9.59 Å². The number of hydrogen-bond donors (Lipinski definition) is 1. The topological polar surface area (TPSA) is 65.8 Å². The highest BCUT2D eigenvalue weighted by molar-refractivity contribution is 9.10. The summed E-state index contributed by atoms with van der Waals surface area (Å²) in [6, 6.07) is 3.25. The summed E-state index contributed by atoms with van der Waals surface area (Å²) in [4.78, 5) is 27.5. The lowest BCUT2D eigenvalue weighted by Crippen LogP contribution is -2.40. The molecule has 1 aliphatic heterocycles. The average molecular weight is 358 g/mol. The number of rotatable bonds is 5. The zero-order valence-electron chi connectivity index (χ0n) is 12.3. The molecule has 6 nitrogen and oxygen atoms in total. The highest BCUT2D eigenvalue weighted by Gasteiger charge is 2.27. The van der Waals surface area contributed by atoms with Gasteiger partial charge in [-0.1, -0.05) is 0 Å². The van der Waals surface area contributed by atoms with Crippen molar-refractivity contribution in [3.63, 3.8) is 0 Å². The summed E-state index contributed by atoms with van der Waals surface area (Å²) < 4.78 is 5.71. The molecule has 1 N–H and O–H groups in total. The molecule has 1 atom stereocenters. The van der Waals surface area contributed by atoms with Crippen molar-refractivity contribution < 1.29 is 14.0 Å². The number of nitrogens with zero attached hydrogens (tertiary/aromatic N) is 2. The van der Waals surface area contributed by atoms with Gasteiger partial charge < -0.3 is 19.5 Å². The van der Waals surface area contributed by atoms with Gasteiger partial charge in [0.1, 0.15) is 0 Å². The van der Waals surface area contributed by atoms with Crippen LogP contribution in [0.15, 0.2) is 21.2 Å². The number of halogens is 1. The Labute approximate surface area is 132 Å². The molecule has 0 radical (unpaired) electrons. The summed E-state index contributed by atoms with van der Waals surface area (Å²) in [6.45, 7) is 2.51. The van der Waals surface area contributed by atoms with Crippen molar-refractivity contribution in [3.8, 4) is 0 Å². The molecule has 7 heteroatoms. The van der Waals surface area contributed by atoms with Gasteiger partial charge in [-0.3, -0.25) is 9.59 Å². The third-order valence-corrected chi connectivity index (χ3v) is 4.06. The first-order valence-corrected chi connectivity index (χ1v) is 7.73. The van der Waals surface area contributed by atoms with Crippen LogP contribution < -0.4 is 5.32 Å². The van der Waals surface area contributed by atoms with Gasteiger partial charge in [0, 0.05) is 20.1 Å². The Balaban J connectivity index is 1.86. The Kier molecular flexibility index (Phi) is 5.41. The second-order valence-corrected chi connectivity index (χ2v) is 6.10. The Morgan fingerprint density at radius 2 is 2.29 bits per heavy atom. The monoisotopic (exact) mass is 357 g/mol. The molecule has 1 aromatic rings. The van der Waals surface area contributed by atoms with Crippen LogP contribution in [0.5, 0.6) is 0 Å². The summed E-state index contributed by atoms with van der Waals surface area (Å²) in [6.07, 6.45) is 1.01. The van der Waals surface area contributed by atoms with E-state index in [0.29, 0.717) is 10.6 Å². The summed E-state index contributed by atoms with van der Waals surface area (Å²) in [5, 5.41) is 3.13. The second-order valence-electron chi connectivity index (χ2n) is 5.32. The van der Waals surface area contributed by atoms with Crippen LogP contribution in [0.4, 0.5) is 0 Å². The number of carbonyl (C=O) groups is 2. The Morgan fingerprint density at radius 1 is 1.52 bits per heavy atom. The molecule has 0 saturated carbocycles. The van der Waals surface area contributed by atoms with Gasteiger partial charge in [0.2, 0.25) is 5.91 Å². The molecule has 1 aliphatic rings. The van der Waals surface area contributed by atoms with Crippen molar-refractivity contribution in [1.82, 2.24) is 15.1 Å². The number of likely N-dealkylation sites (N-methyl/N-ethyl adjacent to an activating group) is 1. The van der Waals surface area contributed by atoms with Crippen LogP contribution in [0.2, 0.25) is 0 Å². The molecule has 1 aromatic heterocycles. The zero-order chi connectivity index (χ0) is 15.4. The van der Waals surface area contributed by atoms with Gasteiger partial charge in [0.25, 0.3) is 5.91 Å². The van der Waals surface area contributed by atoms with Crippen molar-refractivity contribution >= 4 is 27.7 Å². The van der Waals surface area contributed by atoms with Crippen molar-refractivity contribution in [3.05, 3.63) is 22.6 Å². The maximum atomic E-state index is 12.2. The van der Waals surface area contributed by atoms with Crippen molar-refractivity contribution in [2.24, 2.45) is 5.92 Å². The molecular weight excluding hydrogens is 338 g/mol. The molecule has 1 fully saturated rings. The maximum Gasteiger partial charge on any atom is 0.289 e. The van der Waals surface area contributed by atoms with Gasteiger partial charge >= 0.3 is 0 Å². The highest BCUT2D eigenvalue weighted by Crippen LogP contribution is 2.17. The molecular formula is C14H20BrN3O3. The van der Waals surface area contributed by atoms with Crippen molar-refractivity contribution in [1.29, 1.82) is 0 Å². The quantitative estimate of drug-likeness (QED) is 0.859. The SMILES string of the molecule is CNCC1CCN(C(=O)CN(C)C(=O)c2ccc(Br)o2)C1. The average Bonchev–Trinajstić information content (AvgIpc) is 3.07. The Bertz CT molecular complexity index is 517. The Morgan fingerprint density at radius 3 is 2.90 bits per heavy atom. The van der Waals surface area contributed by atoms with Crippen LogP contribution in [-0.4, -0.2) is 61.9 Å². The minimum atomic E-state index is -0.292. The molecule has 2 heterocycles. The van der Waals surface area contributed by atoms with Crippen LogP contribution in [0.25, 0.3) is 0 Å². The molecule has 0 spiro atoms. The fraction of sp³-hybridized carbons (Fsp3) is 0.571. The zero-order valence-corrected chi connectivity index (χ0v) is 13.9. The van der Waals surface area contributed by atoms with E-state index in [4.69, 9.17) is 4.42 Å². The van der Waals surface area contributed by atoms with Gasteiger partial charge in [0.05, 0.1) is 6.54 Å². The number of amides is 2. The van der Waals surface area contributed by atoms with Crippen molar-refractivity contribution in [2.45, 2.75) is 6.42 Å². The summed E-state index contributed by atoms with van der Waals surface area (Å²) in [5.41, 5.74) is 0. The molecule has 2 amide bonds. The molecule has 0 bridgehead atoms. The first-order chi connectivity index (χ1) is 10.0. The number of nitrogens with one attached hydrogen (secondary N) is 1. The fourth-order valence-electron chi connectivity index (χ4n) is 2.51. The van der Waals surface area contributed by atoms with E-state index in [-0.39, 0.29) is 24.1 Å². The van der Waals surface area contributed by atoms with E-state index in [1.807, 2.05) is 11.9 Å². The van der Waals surface area contributed by atoms with Gasteiger partial charge in [-0.05, 0) is 54.0 Å². The predicted molar refractivity (Wildman–Crippen MR) is 82.0 cm³/mol. The van der Waals surface area contributed by atoms with Gasteiger partial charge in [0.15, 0.2) is 10.4 Å². The first-order valence-electron chi connectivity index (χ1n) is 6.94. The molecule has 21 heavy (non-hydrogen) atoms. The second kappa shape index (κ2) is 7.09. The number of likely N-dealkylation sites (tertiary alicyclic amines) is 1. The van der Waals surface area contributed by atoms with Crippen molar-refractivity contribution in [2.75, 3.05) is 40.3 Å². The van der Waals surface area contributed by atoms with E-state index in [1.54, 1.807) is 19.2 Å². The third kappa shape index (κ3) is 4.07. The fourth-order valence-corrected chi connectivity index (χ4v) is 2.81. The molecule has 1 saturated heterocycles. The maximum absolute atomic E-state index is 12.2. The van der Waals surface area contributed by atoms with Crippen LogP contribution in [0.3, 0.4) is 0 Å². The normalized spacial score (nSPS) is 18.0. The van der Waals surface area contributed by atoms with Gasteiger partial charge in [-0.25, -0.2) is 0 Å². The van der Waals surface area contributed by atoms with E-state index in [1.165, 1.54) is 4.90 Å². The molecule has 0 aliphatic carbocycles.